The molecule has 0 radical (unpaired) electrons. The maximum absolute atomic E-state index is 12.0. The minimum atomic E-state index is -0.0209. The number of pyridine rings is 1. The van der Waals surface area contributed by atoms with E-state index in [0.717, 1.165) is 22.6 Å². The van der Waals surface area contributed by atoms with Gasteiger partial charge in [-0.1, -0.05) is 30.3 Å². The van der Waals surface area contributed by atoms with Crippen LogP contribution in [0.25, 0.3) is 5.65 Å². The number of hydrogen-bond acceptors (Lipinski definition) is 2. The fourth-order valence-corrected chi connectivity index (χ4v) is 2.18. The molecule has 3 rings (SSSR count). The predicted octanol–water partition coefficient (Wildman–Crippen LogP) is 2.82. The van der Waals surface area contributed by atoms with Gasteiger partial charge in [-0.25, -0.2) is 4.98 Å². The molecule has 1 amide bonds. The van der Waals surface area contributed by atoms with Gasteiger partial charge in [-0.05, 0) is 24.6 Å². The summed E-state index contributed by atoms with van der Waals surface area (Å²) in [6.07, 6.45) is 4.18. The molecule has 4 nitrogen and oxygen atoms in total. The molecule has 0 aliphatic rings. The van der Waals surface area contributed by atoms with Gasteiger partial charge in [0.05, 0.1) is 17.8 Å². The first-order valence-electron chi connectivity index (χ1n) is 6.50. The molecular formula is C16H15N3O. The van der Waals surface area contributed by atoms with E-state index in [1.807, 2.05) is 66.2 Å². The number of rotatable bonds is 3. The van der Waals surface area contributed by atoms with Gasteiger partial charge in [0, 0.05) is 12.4 Å². The highest BCUT2D eigenvalue weighted by Gasteiger charge is 2.05. The lowest BCUT2D eigenvalue weighted by Gasteiger charge is -2.05. The number of benzene rings is 1. The Hall–Kier alpha value is -2.62. The topological polar surface area (TPSA) is 46.4 Å². The molecule has 1 aromatic carbocycles. The molecule has 0 bridgehead atoms. The van der Waals surface area contributed by atoms with Crippen LogP contribution in [0, 0.1) is 6.92 Å². The number of carbonyl (C=O) groups excluding carboxylic acids is 1. The third-order valence-electron chi connectivity index (χ3n) is 3.06. The summed E-state index contributed by atoms with van der Waals surface area (Å²) in [7, 11) is 0. The Morgan fingerprint density at radius 2 is 1.95 bits per heavy atom. The monoisotopic (exact) mass is 265 g/mol. The van der Waals surface area contributed by atoms with Gasteiger partial charge in [0.2, 0.25) is 5.91 Å². The van der Waals surface area contributed by atoms with E-state index in [0.29, 0.717) is 6.42 Å². The number of carbonyl (C=O) groups is 1. The van der Waals surface area contributed by atoms with Crippen LogP contribution in [0.2, 0.25) is 0 Å². The molecule has 0 atom stereocenters. The van der Waals surface area contributed by atoms with Crippen molar-refractivity contribution in [2.24, 2.45) is 0 Å². The van der Waals surface area contributed by atoms with Crippen molar-refractivity contribution in [3.63, 3.8) is 0 Å². The van der Waals surface area contributed by atoms with Crippen LogP contribution in [-0.2, 0) is 11.2 Å². The Morgan fingerprint density at radius 1 is 1.15 bits per heavy atom. The van der Waals surface area contributed by atoms with E-state index < -0.39 is 0 Å². The molecule has 100 valence electrons. The second kappa shape index (κ2) is 5.17. The summed E-state index contributed by atoms with van der Waals surface area (Å²) in [5, 5.41) is 2.90. The molecule has 0 aliphatic carbocycles. The summed E-state index contributed by atoms with van der Waals surface area (Å²) < 4.78 is 1.91. The van der Waals surface area contributed by atoms with E-state index in [9.17, 15) is 4.79 Å². The van der Waals surface area contributed by atoms with Crippen LogP contribution in [-0.4, -0.2) is 15.3 Å². The maximum atomic E-state index is 12.0. The first kappa shape index (κ1) is 12.4. The first-order chi connectivity index (χ1) is 9.70. The number of nitrogens with one attached hydrogen (secondary N) is 1. The number of hydrogen-bond donors (Lipinski definition) is 1. The van der Waals surface area contributed by atoms with Gasteiger partial charge in [-0.2, -0.15) is 0 Å². The van der Waals surface area contributed by atoms with Crippen molar-refractivity contribution < 1.29 is 4.79 Å². The van der Waals surface area contributed by atoms with E-state index in [4.69, 9.17) is 0 Å². The Morgan fingerprint density at radius 3 is 2.75 bits per heavy atom. The number of imidazole rings is 1. The van der Waals surface area contributed by atoms with Crippen molar-refractivity contribution in [2.75, 3.05) is 5.32 Å². The number of anilines is 1. The minimum absolute atomic E-state index is 0.0209. The summed E-state index contributed by atoms with van der Waals surface area (Å²) in [6.45, 7) is 1.95. The van der Waals surface area contributed by atoms with Crippen molar-refractivity contribution in [1.82, 2.24) is 9.38 Å². The van der Waals surface area contributed by atoms with Gasteiger partial charge in [0.25, 0.3) is 0 Å². The number of nitrogens with zero attached hydrogens (tertiary/aromatic N) is 2. The van der Waals surface area contributed by atoms with E-state index in [1.54, 1.807) is 0 Å². The number of aryl methyl sites for hydroxylation is 1. The second-order valence-electron chi connectivity index (χ2n) is 4.78. The predicted molar refractivity (Wildman–Crippen MR) is 78.7 cm³/mol. The van der Waals surface area contributed by atoms with Crippen LogP contribution < -0.4 is 5.32 Å². The van der Waals surface area contributed by atoms with Crippen molar-refractivity contribution >= 4 is 17.2 Å². The zero-order chi connectivity index (χ0) is 13.9. The molecule has 2 heterocycles. The molecule has 0 saturated carbocycles. The summed E-state index contributed by atoms with van der Waals surface area (Å²) in [5.41, 5.74) is 3.61. The zero-order valence-electron chi connectivity index (χ0n) is 11.2. The molecule has 0 fully saturated rings. The third-order valence-corrected chi connectivity index (χ3v) is 3.06. The van der Waals surface area contributed by atoms with Gasteiger partial charge in [0.1, 0.15) is 5.65 Å². The molecule has 0 saturated heterocycles. The lowest BCUT2D eigenvalue weighted by Crippen LogP contribution is -2.14. The highest BCUT2D eigenvalue weighted by Crippen LogP contribution is 2.12. The Kier molecular flexibility index (Phi) is 3.21. The highest BCUT2D eigenvalue weighted by atomic mass is 16.1. The first-order valence-corrected chi connectivity index (χ1v) is 6.50. The summed E-state index contributed by atoms with van der Waals surface area (Å²) in [5.74, 6) is -0.0209. The van der Waals surface area contributed by atoms with Crippen LogP contribution >= 0.6 is 0 Å². The molecule has 1 N–H and O–H groups in total. The molecule has 20 heavy (non-hydrogen) atoms. The smallest absolute Gasteiger partial charge is 0.228 e. The molecule has 2 aromatic heterocycles. The van der Waals surface area contributed by atoms with E-state index in [2.05, 4.69) is 10.3 Å². The van der Waals surface area contributed by atoms with Crippen molar-refractivity contribution in [3.05, 3.63) is 66.1 Å². The van der Waals surface area contributed by atoms with Gasteiger partial charge >= 0.3 is 0 Å². The summed E-state index contributed by atoms with van der Waals surface area (Å²) in [6, 6.07) is 13.5. The maximum Gasteiger partial charge on any atom is 0.228 e. The average Bonchev–Trinajstić information content (AvgIpc) is 2.79. The molecular weight excluding hydrogens is 250 g/mol. The van der Waals surface area contributed by atoms with Crippen molar-refractivity contribution in [1.29, 1.82) is 0 Å². The third kappa shape index (κ3) is 2.69. The highest BCUT2D eigenvalue weighted by molar-refractivity contribution is 5.92. The largest absolute Gasteiger partial charge is 0.324 e. The Labute approximate surface area is 117 Å². The summed E-state index contributed by atoms with van der Waals surface area (Å²) in [4.78, 5) is 16.3. The quantitative estimate of drug-likeness (QED) is 0.791. The Bertz CT molecular complexity index is 747. The van der Waals surface area contributed by atoms with E-state index in [1.165, 1.54) is 0 Å². The van der Waals surface area contributed by atoms with E-state index in [-0.39, 0.29) is 5.91 Å². The molecule has 3 aromatic rings. The number of aromatic nitrogens is 2. The van der Waals surface area contributed by atoms with Gasteiger partial charge in [0.15, 0.2) is 0 Å². The lowest BCUT2D eigenvalue weighted by molar-refractivity contribution is -0.115. The van der Waals surface area contributed by atoms with Crippen LogP contribution in [0.1, 0.15) is 11.3 Å². The molecule has 0 aliphatic heterocycles. The fourth-order valence-electron chi connectivity index (χ4n) is 2.18. The molecule has 0 unspecified atom stereocenters. The van der Waals surface area contributed by atoms with Crippen LogP contribution in [0.3, 0.4) is 0 Å². The van der Waals surface area contributed by atoms with E-state index >= 15 is 0 Å². The SMILES string of the molecule is Cc1cn2cc(NC(=O)Cc3ccccc3)ccc2n1. The van der Waals surface area contributed by atoms with Crippen molar-refractivity contribution in [2.45, 2.75) is 13.3 Å². The van der Waals surface area contributed by atoms with Crippen LogP contribution in [0.5, 0.6) is 0 Å². The summed E-state index contributed by atoms with van der Waals surface area (Å²) >= 11 is 0. The molecule has 4 heteroatoms. The van der Waals surface area contributed by atoms with Gasteiger partial charge in [-0.15, -0.1) is 0 Å². The lowest BCUT2D eigenvalue weighted by atomic mass is 10.1. The van der Waals surface area contributed by atoms with Gasteiger partial charge in [-0.3, -0.25) is 4.79 Å². The van der Waals surface area contributed by atoms with Crippen LogP contribution in [0.4, 0.5) is 5.69 Å². The van der Waals surface area contributed by atoms with Crippen LogP contribution in [0.15, 0.2) is 54.9 Å². The number of fused-ring (bicyclic) bond motifs is 1. The van der Waals surface area contributed by atoms with Crippen molar-refractivity contribution in [3.8, 4) is 0 Å². The number of amides is 1. The molecule has 0 spiro atoms. The second-order valence-corrected chi connectivity index (χ2v) is 4.78. The van der Waals surface area contributed by atoms with Gasteiger partial charge < -0.3 is 9.72 Å². The zero-order valence-corrected chi connectivity index (χ0v) is 11.2. The standard InChI is InChI=1S/C16H15N3O/c1-12-10-19-11-14(7-8-15(19)17-12)18-16(20)9-13-5-3-2-4-6-13/h2-8,10-11H,9H2,1H3,(H,18,20). The normalized spacial score (nSPS) is 10.7. The fraction of sp³-hybridized carbons (Fsp3) is 0.125. The Balaban J connectivity index is 1.74. The average molecular weight is 265 g/mol. The minimum Gasteiger partial charge on any atom is -0.324 e.